The second-order valence-corrected chi connectivity index (χ2v) is 8.63. The predicted octanol–water partition coefficient (Wildman–Crippen LogP) is 3.86. The number of hydrogen-bond donors (Lipinski definition) is 2. The smallest absolute Gasteiger partial charge is 0.264 e. The number of anilines is 3. The Balaban J connectivity index is 1.81. The predicted molar refractivity (Wildman–Crippen MR) is 117 cm³/mol. The molecule has 0 aliphatic carbocycles. The third-order valence-electron chi connectivity index (χ3n) is 4.41. The first kappa shape index (κ1) is 22.0. The van der Waals surface area contributed by atoms with Crippen LogP contribution in [-0.4, -0.2) is 27.3 Å². The van der Waals surface area contributed by atoms with Crippen LogP contribution < -0.4 is 14.9 Å². The van der Waals surface area contributed by atoms with Crippen LogP contribution in [0.15, 0.2) is 77.7 Å². The first-order chi connectivity index (χ1) is 14.7. The highest BCUT2D eigenvalue weighted by Crippen LogP contribution is 2.25. The maximum Gasteiger partial charge on any atom is 0.264 e. The van der Waals surface area contributed by atoms with E-state index in [0.717, 1.165) is 4.31 Å². The standard InChI is InChI=1S/C22H20FN3O4S/c1-15(27)24-17-10-12-18(13-11-17)25-22(28)16-6-5-7-19(14-16)31(29,30)26(2)21-9-4-3-8-20(21)23/h3-14H,1-2H3,(H,24,27)(H,25,28). The summed E-state index contributed by atoms with van der Waals surface area (Å²) in [7, 11) is -2.84. The maximum absolute atomic E-state index is 14.0. The number of sulfonamides is 1. The molecule has 0 fully saturated rings. The van der Waals surface area contributed by atoms with Crippen LogP contribution in [0.3, 0.4) is 0 Å². The minimum absolute atomic E-state index is 0.100. The van der Waals surface area contributed by atoms with Gasteiger partial charge in [0.15, 0.2) is 0 Å². The van der Waals surface area contributed by atoms with E-state index < -0.39 is 21.7 Å². The number of para-hydroxylation sites is 1. The molecule has 0 aliphatic heterocycles. The van der Waals surface area contributed by atoms with Crippen molar-refractivity contribution < 1.29 is 22.4 Å². The van der Waals surface area contributed by atoms with Gasteiger partial charge in [-0.1, -0.05) is 18.2 Å². The molecule has 0 aliphatic rings. The van der Waals surface area contributed by atoms with E-state index in [1.165, 1.54) is 62.5 Å². The lowest BCUT2D eigenvalue weighted by molar-refractivity contribution is -0.114. The molecule has 160 valence electrons. The third-order valence-corrected chi connectivity index (χ3v) is 6.18. The van der Waals surface area contributed by atoms with Gasteiger partial charge in [-0.05, 0) is 54.6 Å². The summed E-state index contributed by atoms with van der Waals surface area (Å²) in [6.07, 6.45) is 0. The van der Waals surface area contributed by atoms with Crippen molar-refractivity contribution in [1.29, 1.82) is 0 Å². The molecule has 0 atom stereocenters. The molecule has 0 unspecified atom stereocenters. The van der Waals surface area contributed by atoms with E-state index >= 15 is 0 Å². The lowest BCUT2D eigenvalue weighted by atomic mass is 10.2. The van der Waals surface area contributed by atoms with Crippen molar-refractivity contribution in [2.45, 2.75) is 11.8 Å². The van der Waals surface area contributed by atoms with E-state index in [2.05, 4.69) is 10.6 Å². The zero-order valence-corrected chi connectivity index (χ0v) is 17.6. The normalized spacial score (nSPS) is 10.9. The van der Waals surface area contributed by atoms with E-state index in [4.69, 9.17) is 0 Å². The van der Waals surface area contributed by atoms with Crippen LogP contribution in [0, 0.1) is 5.82 Å². The molecule has 9 heteroatoms. The molecule has 7 nitrogen and oxygen atoms in total. The van der Waals surface area contributed by atoms with Crippen LogP contribution in [0.1, 0.15) is 17.3 Å². The minimum atomic E-state index is -4.09. The first-order valence-electron chi connectivity index (χ1n) is 9.21. The summed E-state index contributed by atoms with van der Waals surface area (Å²) in [5.41, 5.74) is 1.07. The number of nitrogens with zero attached hydrogens (tertiary/aromatic N) is 1. The number of carbonyl (C=O) groups is 2. The van der Waals surface area contributed by atoms with Gasteiger partial charge >= 0.3 is 0 Å². The molecule has 0 heterocycles. The van der Waals surface area contributed by atoms with Crippen molar-refractivity contribution >= 4 is 38.9 Å². The molecule has 3 rings (SSSR count). The van der Waals surface area contributed by atoms with Crippen LogP contribution in [-0.2, 0) is 14.8 Å². The molecule has 0 saturated heterocycles. The highest BCUT2D eigenvalue weighted by Gasteiger charge is 2.24. The Labute approximate surface area is 179 Å². The van der Waals surface area contributed by atoms with Gasteiger partial charge in [-0.15, -0.1) is 0 Å². The van der Waals surface area contributed by atoms with Crippen molar-refractivity contribution in [2.24, 2.45) is 0 Å². The van der Waals surface area contributed by atoms with Crippen LogP contribution in [0.4, 0.5) is 21.5 Å². The fourth-order valence-corrected chi connectivity index (χ4v) is 4.09. The Hall–Kier alpha value is -3.72. The Morgan fingerprint density at radius 3 is 2.10 bits per heavy atom. The zero-order chi connectivity index (χ0) is 22.6. The zero-order valence-electron chi connectivity index (χ0n) is 16.8. The summed E-state index contributed by atoms with van der Waals surface area (Å²) in [6.45, 7) is 1.39. The summed E-state index contributed by atoms with van der Waals surface area (Å²) in [6, 6.07) is 17.5. The summed E-state index contributed by atoms with van der Waals surface area (Å²) < 4.78 is 40.7. The van der Waals surface area contributed by atoms with Crippen molar-refractivity contribution in [3.05, 3.63) is 84.2 Å². The number of nitrogens with one attached hydrogen (secondary N) is 2. The molecule has 0 spiro atoms. The number of hydrogen-bond acceptors (Lipinski definition) is 4. The number of rotatable bonds is 6. The molecule has 2 N–H and O–H groups in total. The molecule has 0 saturated carbocycles. The third kappa shape index (κ3) is 5.07. The molecule has 31 heavy (non-hydrogen) atoms. The topological polar surface area (TPSA) is 95.6 Å². The molecule has 3 aromatic rings. The molecular weight excluding hydrogens is 421 g/mol. The van der Waals surface area contributed by atoms with Gasteiger partial charge < -0.3 is 10.6 Å². The summed E-state index contributed by atoms with van der Waals surface area (Å²) >= 11 is 0. The molecule has 0 bridgehead atoms. The Kier molecular flexibility index (Phi) is 6.36. The number of amides is 2. The fraction of sp³-hybridized carbons (Fsp3) is 0.0909. The first-order valence-corrected chi connectivity index (χ1v) is 10.6. The number of carbonyl (C=O) groups excluding carboxylic acids is 2. The van der Waals surface area contributed by atoms with E-state index in [0.29, 0.717) is 11.4 Å². The van der Waals surface area contributed by atoms with Crippen molar-refractivity contribution in [2.75, 3.05) is 22.0 Å². The summed E-state index contributed by atoms with van der Waals surface area (Å²) in [5, 5.41) is 5.29. The van der Waals surface area contributed by atoms with Crippen molar-refractivity contribution in [1.82, 2.24) is 0 Å². The van der Waals surface area contributed by atoms with Gasteiger partial charge in [0.2, 0.25) is 5.91 Å². The summed E-state index contributed by atoms with van der Waals surface area (Å²) in [5.74, 6) is -1.40. The van der Waals surface area contributed by atoms with Crippen LogP contribution in [0.2, 0.25) is 0 Å². The Bertz CT molecular complexity index is 1230. The van der Waals surface area contributed by atoms with Gasteiger partial charge in [-0.2, -0.15) is 0 Å². The van der Waals surface area contributed by atoms with Gasteiger partial charge in [0.25, 0.3) is 15.9 Å². The molecular formula is C22H20FN3O4S. The van der Waals surface area contributed by atoms with Crippen molar-refractivity contribution in [3.8, 4) is 0 Å². The van der Waals surface area contributed by atoms with E-state index in [9.17, 15) is 22.4 Å². The van der Waals surface area contributed by atoms with Crippen LogP contribution >= 0.6 is 0 Å². The lowest BCUT2D eigenvalue weighted by Gasteiger charge is -2.20. The van der Waals surface area contributed by atoms with E-state index in [1.54, 1.807) is 24.3 Å². The van der Waals surface area contributed by atoms with Gasteiger partial charge in [0, 0.05) is 30.9 Å². The number of benzene rings is 3. The Morgan fingerprint density at radius 2 is 1.48 bits per heavy atom. The van der Waals surface area contributed by atoms with Crippen molar-refractivity contribution in [3.63, 3.8) is 0 Å². The SMILES string of the molecule is CC(=O)Nc1ccc(NC(=O)c2cccc(S(=O)(=O)N(C)c3ccccc3F)c2)cc1. The highest BCUT2D eigenvalue weighted by atomic mass is 32.2. The quantitative estimate of drug-likeness (QED) is 0.607. The molecule has 0 aromatic heterocycles. The number of halogens is 1. The average molecular weight is 441 g/mol. The second kappa shape index (κ2) is 8.97. The lowest BCUT2D eigenvalue weighted by Crippen LogP contribution is -2.27. The van der Waals surface area contributed by atoms with E-state index in [1.807, 2.05) is 0 Å². The molecule has 3 aromatic carbocycles. The van der Waals surface area contributed by atoms with Gasteiger partial charge in [-0.3, -0.25) is 13.9 Å². The van der Waals surface area contributed by atoms with Crippen LogP contribution in [0.5, 0.6) is 0 Å². The van der Waals surface area contributed by atoms with Gasteiger partial charge in [0.1, 0.15) is 5.82 Å². The van der Waals surface area contributed by atoms with E-state index in [-0.39, 0.29) is 22.1 Å². The average Bonchev–Trinajstić information content (AvgIpc) is 2.74. The minimum Gasteiger partial charge on any atom is -0.326 e. The fourth-order valence-electron chi connectivity index (χ4n) is 2.84. The van der Waals surface area contributed by atoms with Gasteiger partial charge in [0.05, 0.1) is 10.6 Å². The largest absolute Gasteiger partial charge is 0.326 e. The van der Waals surface area contributed by atoms with Gasteiger partial charge in [-0.25, -0.2) is 12.8 Å². The Morgan fingerprint density at radius 1 is 0.871 bits per heavy atom. The highest BCUT2D eigenvalue weighted by molar-refractivity contribution is 7.92. The van der Waals surface area contributed by atoms with Crippen LogP contribution in [0.25, 0.3) is 0 Å². The molecule has 2 amide bonds. The maximum atomic E-state index is 14.0. The summed E-state index contributed by atoms with van der Waals surface area (Å²) in [4.78, 5) is 23.5. The molecule has 0 radical (unpaired) electrons. The monoisotopic (exact) mass is 441 g/mol. The second-order valence-electron chi connectivity index (χ2n) is 6.66.